The second-order valence-corrected chi connectivity index (χ2v) is 8.30. The molecule has 1 amide bonds. The standard InChI is InChI=1S/C22H27NO9/c1-6-29-19(25)22-16(17(31-20(22)26)15-11-30-21(2,3)32-15)18(24)23(22)10-12-7-8-13(27-4)9-14(12)28-5/h7-9,15-17H,6,10-11H2,1-5H3/t15-,16-,17-,22-/m1/s1. The number of hydrogen-bond donors (Lipinski definition) is 0. The van der Waals surface area contributed by atoms with Gasteiger partial charge in [-0.05, 0) is 32.9 Å². The summed E-state index contributed by atoms with van der Waals surface area (Å²) < 4.78 is 32.8. The molecule has 174 valence electrons. The Morgan fingerprint density at radius 3 is 2.56 bits per heavy atom. The minimum Gasteiger partial charge on any atom is -0.497 e. The highest BCUT2D eigenvalue weighted by Gasteiger charge is 2.79. The third-order valence-electron chi connectivity index (χ3n) is 6.10. The molecule has 0 spiro atoms. The number of nitrogens with zero attached hydrogens (tertiary/aromatic N) is 1. The number of amides is 1. The fraction of sp³-hybridized carbons (Fsp3) is 0.591. The Balaban J connectivity index is 1.68. The zero-order valence-corrected chi connectivity index (χ0v) is 18.7. The van der Waals surface area contributed by atoms with E-state index in [1.54, 1.807) is 39.0 Å². The smallest absolute Gasteiger partial charge is 0.345 e. The van der Waals surface area contributed by atoms with Gasteiger partial charge in [0.25, 0.3) is 5.54 Å². The van der Waals surface area contributed by atoms with Gasteiger partial charge < -0.3 is 33.3 Å². The summed E-state index contributed by atoms with van der Waals surface area (Å²) >= 11 is 0. The van der Waals surface area contributed by atoms with Crippen molar-refractivity contribution in [2.45, 2.75) is 50.8 Å². The van der Waals surface area contributed by atoms with Gasteiger partial charge in [0.05, 0.1) is 34.0 Å². The number of β-lactam (4-membered cyclic amide) rings is 1. The summed E-state index contributed by atoms with van der Waals surface area (Å²) in [4.78, 5) is 40.7. The third kappa shape index (κ3) is 3.20. The Morgan fingerprint density at radius 1 is 1.22 bits per heavy atom. The molecule has 3 aliphatic heterocycles. The number of carbonyl (C=O) groups excluding carboxylic acids is 3. The Kier molecular flexibility index (Phi) is 5.54. The van der Waals surface area contributed by atoms with E-state index in [9.17, 15) is 14.4 Å². The maximum atomic E-state index is 13.3. The summed E-state index contributed by atoms with van der Waals surface area (Å²) in [5, 5.41) is 0. The lowest BCUT2D eigenvalue weighted by atomic mass is 9.70. The molecule has 3 aliphatic rings. The van der Waals surface area contributed by atoms with Crippen molar-refractivity contribution >= 4 is 17.8 Å². The van der Waals surface area contributed by atoms with Gasteiger partial charge in [0, 0.05) is 11.6 Å². The first kappa shape index (κ1) is 22.3. The highest BCUT2D eigenvalue weighted by atomic mass is 16.8. The normalized spacial score (nSPS) is 30.4. The van der Waals surface area contributed by atoms with Crippen LogP contribution in [0.3, 0.4) is 0 Å². The largest absolute Gasteiger partial charge is 0.497 e. The molecule has 0 N–H and O–H groups in total. The molecule has 1 aromatic carbocycles. The fourth-order valence-corrected chi connectivity index (χ4v) is 4.60. The number of carbonyl (C=O) groups is 3. The van der Waals surface area contributed by atoms with E-state index in [4.69, 9.17) is 28.4 Å². The van der Waals surface area contributed by atoms with Crippen LogP contribution in [0.4, 0.5) is 0 Å². The SMILES string of the molecule is CCOC(=O)[C@@]12C(=O)O[C@H]([C@H]3COC(C)(C)O3)[C@@H]1C(=O)N2Cc1ccc(OC)cc1OC. The Labute approximate surface area is 185 Å². The van der Waals surface area contributed by atoms with Crippen molar-refractivity contribution in [3.05, 3.63) is 23.8 Å². The maximum Gasteiger partial charge on any atom is 0.345 e. The molecule has 3 saturated heterocycles. The van der Waals surface area contributed by atoms with Gasteiger partial charge >= 0.3 is 11.9 Å². The van der Waals surface area contributed by atoms with E-state index in [1.807, 2.05) is 0 Å². The molecule has 10 heteroatoms. The van der Waals surface area contributed by atoms with Gasteiger partial charge in [0.15, 0.2) is 5.79 Å². The predicted octanol–water partition coefficient (Wildman–Crippen LogP) is 1.04. The Morgan fingerprint density at radius 2 is 1.97 bits per heavy atom. The van der Waals surface area contributed by atoms with E-state index in [0.717, 1.165) is 0 Å². The molecule has 0 saturated carbocycles. The molecule has 4 atom stereocenters. The number of likely N-dealkylation sites (tertiary alicyclic amines) is 1. The van der Waals surface area contributed by atoms with Gasteiger partial charge in [0.1, 0.15) is 29.6 Å². The van der Waals surface area contributed by atoms with Crippen molar-refractivity contribution in [2.75, 3.05) is 27.4 Å². The average molecular weight is 449 g/mol. The van der Waals surface area contributed by atoms with Crippen molar-refractivity contribution in [3.8, 4) is 11.5 Å². The van der Waals surface area contributed by atoms with E-state index in [2.05, 4.69) is 0 Å². The van der Waals surface area contributed by atoms with Gasteiger partial charge in [-0.1, -0.05) is 0 Å². The number of rotatable bonds is 7. The van der Waals surface area contributed by atoms with Crippen molar-refractivity contribution < 1.29 is 42.8 Å². The summed E-state index contributed by atoms with van der Waals surface area (Å²) in [6.07, 6.45) is -1.62. The second-order valence-electron chi connectivity index (χ2n) is 8.30. The van der Waals surface area contributed by atoms with Crippen molar-refractivity contribution in [1.82, 2.24) is 4.90 Å². The monoisotopic (exact) mass is 449 g/mol. The molecule has 3 heterocycles. The second kappa shape index (κ2) is 7.93. The van der Waals surface area contributed by atoms with Crippen LogP contribution < -0.4 is 9.47 Å². The third-order valence-corrected chi connectivity index (χ3v) is 6.10. The zero-order chi connectivity index (χ0) is 23.3. The van der Waals surface area contributed by atoms with Crippen LogP contribution in [0, 0.1) is 5.92 Å². The molecule has 32 heavy (non-hydrogen) atoms. The molecule has 0 aliphatic carbocycles. The molecule has 0 radical (unpaired) electrons. The lowest BCUT2D eigenvalue weighted by Crippen LogP contribution is -2.77. The molecule has 10 nitrogen and oxygen atoms in total. The number of fused-ring (bicyclic) bond motifs is 1. The average Bonchev–Trinajstić information content (AvgIpc) is 3.26. The number of cyclic esters (lactones) is 1. The minimum atomic E-state index is -1.88. The van der Waals surface area contributed by atoms with Crippen molar-refractivity contribution in [1.29, 1.82) is 0 Å². The van der Waals surface area contributed by atoms with Crippen LogP contribution in [0.1, 0.15) is 26.3 Å². The van der Waals surface area contributed by atoms with Crippen LogP contribution in [0.25, 0.3) is 0 Å². The highest BCUT2D eigenvalue weighted by molar-refractivity contribution is 6.18. The maximum absolute atomic E-state index is 13.3. The lowest BCUT2D eigenvalue weighted by Gasteiger charge is -2.49. The number of methoxy groups -OCH3 is 2. The summed E-state index contributed by atoms with van der Waals surface area (Å²) in [5.74, 6) is -2.96. The summed E-state index contributed by atoms with van der Waals surface area (Å²) in [5.41, 5.74) is -1.28. The summed E-state index contributed by atoms with van der Waals surface area (Å²) in [6.45, 7) is 5.24. The quantitative estimate of drug-likeness (QED) is 0.343. The van der Waals surface area contributed by atoms with Crippen molar-refractivity contribution in [3.63, 3.8) is 0 Å². The highest BCUT2D eigenvalue weighted by Crippen LogP contribution is 2.51. The first-order valence-electron chi connectivity index (χ1n) is 10.4. The first-order chi connectivity index (χ1) is 15.2. The molecule has 4 rings (SSSR count). The lowest BCUT2D eigenvalue weighted by molar-refractivity contribution is -0.193. The summed E-state index contributed by atoms with van der Waals surface area (Å²) in [7, 11) is 3.01. The zero-order valence-electron chi connectivity index (χ0n) is 18.7. The van der Waals surface area contributed by atoms with E-state index in [0.29, 0.717) is 17.1 Å². The molecular formula is C22H27NO9. The van der Waals surface area contributed by atoms with Crippen LogP contribution in [-0.2, 0) is 39.9 Å². The van der Waals surface area contributed by atoms with E-state index < -0.39 is 47.3 Å². The minimum absolute atomic E-state index is 0.0450. The van der Waals surface area contributed by atoms with Gasteiger partial charge in [-0.2, -0.15) is 0 Å². The Hall–Kier alpha value is -2.85. The first-order valence-corrected chi connectivity index (χ1v) is 10.4. The van der Waals surface area contributed by atoms with E-state index >= 15 is 0 Å². The molecular weight excluding hydrogens is 422 g/mol. The number of hydrogen-bond acceptors (Lipinski definition) is 9. The van der Waals surface area contributed by atoms with Gasteiger partial charge in [-0.15, -0.1) is 0 Å². The molecule has 0 bridgehead atoms. The predicted molar refractivity (Wildman–Crippen MR) is 108 cm³/mol. The summed E-state index contributed by atoms with van der Waals surface area (Å²) in [6, 6.07) is 5.08. The van der Waals surface area contributed by atoms with Gasteiger partial charge in [-0.3, -0.25) is 4.79 Å². The van der Waals surface area contributed by atoms with Crippen LogP contribution in [0.2, 0.25) is 0 Å². The van der Waals surface area contributed by atoms with E-state index in [1.165, 1.54) is 19.1 Å². The number of benzene rings is 1. The molecule has 3 fully saturated rings. The van der Waals surface area contributed by atoms with Crippen molar-refractivity contribution in [2.24, 2.45) is 5.92 Å². The van der Waals surface area contributed by atoms with Crippen LogP contribution in [0.15, 0.2) is 18.2 Å². The number of ether oxygens (including phenoxy) is 6. The van der Waals surface area contributed by atoms with Crippen LogP contribution in [0.5, 0.6) is 11.5 Å². The van der Waals surface area contributed by atoms with E-state index in [-0.39, 0.29) is 19.8 Å². The van der Waals surface area contributed by atoms with Crippen LogP contribution >= 0.6 is 0 Å². The molecule has 0 unspecified atom stereocenters. The Bertz CT molecular complexity index is 945. The fourth-order valence-electron chi connectivity index (χ4n) is 4.60. The van der Waals surface area contributed by atoms with Crippen LogP contribution in [-0.4, -0.2) is 73.7 Å². The molecule has 0 aromatic heterocycles. The molecule has 1 aromatic rings. The number of esters is 2. The van der Waals surface area contributed by atoms with Gasteiger partial charge in [0.2, 0.25) is 5.91 Å². The van der Waals surface area contributed by atoms with Gasteiger partial charge in [-0.25, -0.2) is 9.59 Å². The topological polar surface area (TPSA) is 110 Å².